The lowest BCUT2D eigenvalue weighted by Gasteiger charge is -2.47. The summed E-state index contributed by atoms with van der Waals surface area (Å²) in [6.07, 6.45) is 4.31. The van der Waals surface area contributed by atoms with E-state index in [2.05, 4.69) is 9.97 Å². The number of aromatic nitrogens is 2. The molecule has 9 nitrogen and oxygen atoms in total. The third kappa shape index (κ3) is 3.45. The molecule has 0 aromatic carbocycles. The van der Waals surface area contributed by atoms with Gasteiger partial charge < -0.3 is 24.7 Å². The molecule has 4 heterocycles. The SMILES string of the molecule is Cc1nc(N)ncc1C(=O)N1CCOC2(CCN(C(=O)c3ccco3)CC2)C1. The normalized spacial score (nSPS) is 19.0. The Morgan fingerprint density at radius 1 is 1.18 bits per heavy atom. The van der Waals surface area contributed by atoms with Crippen molar-refractivity contribution in [3.05, 3.63) is 41.6 Å². The van der Waals surface area contributed by atoms with E-state index in [1.54, 1.807) is 28.9 Å². The van der Waals surface area contributed by atoms with Crippen molar-refractivity contribution < 1.29 is 18.7 Å². The maximum Gasteiger partial charge on any atom is 0.289 e. The highest BCUT2D eigenvalue weighted by molar-refractivity contribution is 5.95. The number of nitrogen functional groups attached to an aromatic ring is 1. The molecule has 2 aromatic rings. The van der Waals surface area contributed by atoms with Crippen molar-refractivity contribution in [2.24, 2.45) is 0 Å². The Bertz CT molecular complexity index is 874. The molecule has 0 bridgehead atoms. The average molecular weight is 385 g/mol. The Hall–Kier alpha value is -2.94. The molecule has 1 spiro atoms. The van der Waals surface area contributed by atoms with Crippen LogP contribution >= 0.6 is 0 Å². The number of piperidine rings is 1. The number of morpholine rings is 1. The molecular formula is C19H23N5O4. The third-order valence-corrected chi connectivity index (χ3v) is 5.46. The van der Waals surface area contributed by atoms with Gasteiger partial charge in [0.05, 0.1) is 36.3 Å². The van der Waals surface area contributed by atoms with Crippen LogP contribution in [0.5, 0.6) is 0 Å². The molecule has 2 amide bonds. The predicted molar refractivity (Wildman–Crippen MR) is 99.6 cm³/mol. The average Bonchev–Trinajstić information content (AvgIpc) is 3.22. The molecule has 2 fully saturated rings. The molecule has 4 rings (SSSR count). The van der Waals surface area contributed by atoms with Gasteiger partial charge in [0, 0.05) is 25.8 Å². The second-order valence-electron chi connectivity index (χ2n) is 7.25. The molecule has 0 aliphatic carbocycles. The summed E-state index contributed by atoms with van der Waals surface area (Å²) in [5.41, 5.74) is 6.17. The van der Waals surface area contributed by atoms with Gasteiger partial charge in [-0.15, -0.1) is 0 Å². The minimum absolute atomic E-state index is 0.113. The fourth-order valence-electron chi connectivity index (χ4n) is 3.86. The first-order chi connectivity index (χ1) is 13.5. The highest BCUT2D eigenvalue weighted by atomic mass is 16.5. The number of aryl methyl sites for hydroxylation is 1. The number of nitrogens with two attached hydrogens (primary N) is 1. The lowest BCUT2D eigenvalue weighted by Crippen LogP contribution is -2.58. The van der Waals surface area contributed by atoms with Crippen LogP contribution in [0.3, 0.4) is 0 Å². The van der Waals surface area contributed by atoms with E-state index in [9.17, 15) is 9.59 Å². The summed E-state index contributed by atoms with van der Waals surface area (Å²) in [6, 6.07) is 3.37. The lowest BCUT2D eigenvalue weighted by atomic mass is 9.89. The van der Waals surface area contributed by atoms with Gasteiger partial charge in [0.25, 0.3) is 11.8 Å². The maximum atomic E-state index is 13.0. The number of nitrogens with zero attached hydrogens (tertiary/aromatic N) is 4. The minimum atomic E-state index is -0.434. The van der Waals surface area contributed by atoms with E-state index in [1.807, 2.05) is 0 Å². The number of carbonyl (C=O) groups is 2. The Morgan fingerprint density at radius 2 is 1.96 bits per heavy atom. The number of ether oxygens (including phenoxy) is 1. The van der Waals surface area contributed by atoms with Gasteiger partial charge in [0.2, 0.25) is 5.95 Å². The maximum absolute atomic E-state index is 13.0. The van der Waals surface area contributed by atoms with Gasteiger partial charge in [-0.25, -0.2) is 9.97 Å². The topological polar surface area (TPSA) is 115 Å². The molecule has 28 heavy (non-hydrogen) atoms. The molecule has 2 aromatic heterocycles. The van der Waals surface area contributed by atoms with Crippen molar-refractivity contribution in [3.63, 3.8) is 0 Å². The van der Waals surface area contributed by atoms with Crippen LogP contribution in [-0.4, -0.2) is 70.0 Å². The second kappa shape index (κ2) is 7.23. The highest BCUT2D eigenvalue weighted by Crippen LogP contribution is 2.31. The summed E-state index contributed by atoms with van der Waals surface area (Å²) in [7, 11) is 0. The summed E-state index contributed by atoms with van der Waals surface area (Å²) in [4.78, 5) is 37.0. The Labute approximate surface area is 162 Å². The monoisotopic (exact) mass is 385 g/mol. The van der Waals surface area contributed by atoms with Gasteiger partial charge in [-0.2, -0.15) is 0 Å². The second-order valence-corrected chi connectivity index (χ2v) is 7.25. The van der Waals surface area contributed by atoms with Crippen LogP contribution in [0, 0.1) is 6.92 Å². The van der Waals surface area contributed by atoms with Gasteiger partial charge in [-0.1, -0.05) is 0 Å². The lowest BCUT2D eigenvalue weighted by molar-refractivity contribution is -0.123. The fourth-order valence-corrected chi connectivity index (χ4v) is 3.86. The molecule has 2 aliphatic rings. The van der Waals surface area contributed by atoms with Crippen LogP contribution in [0.1, 0.15) is 39.4 Å². The molecule has 2 aliphatic heterocycles. The number of likely N-dealkylation sites (tertiary alicyclic amines) is 1. The molecule has 0 atom stereocenters. The summed E-state index contributed by atoms with van der Waals surface area (Å²) >= 11 is 0. The van der Waals surface area contributed by atoms with E-state index >= 15 is 0 Å². The summed E-state index contributed by atoms with van der Waals surface area (Å²) < 4.78 is 11.3. The van der Waals surface area contributed by atoms with Crippen molar-refractivity contribution >= 4 is 17.8 Å². The van der Waals surface area contributed by atoms with E-state index < -0.39 is 5.60 Å². The molecular weight excluding hydrogens is 362 g/mol. The number of rotatable bonds is 2. The largest absolute Gasteiger partial charge is 0.459 e. The Balaban J connectivity index is 1.42. The van der Waals surface area contributed by atoms with Crippen LogP contribution < -0.4 is 5.73 Å². The molecule has 0 unspecified atom stereocenters. The van der Waals surface area contributed by atoms with Gasteiger partial charge in [0.15, 0.2) is 5.76 Å². The standard InChI is InChI=1S/C19H23N5O4/c1-13-14(11-21-18(20)22-13)16(25)24-8-10-28-19(12-24)4-6-23(7-5-19)17(26)15-3-2-9-27-15/h2-3,9,11H,4-8,10,12H2,1H3,(H2,20,21,22). The smallest absolute Gasteiger partial charge is 0.289 e. The van der Waals surface area contributed by atoms with Gasteiger partial charge in [0.1, 0.15) is 0 Å². The van der Waals surface area contributed by atoms with Crippen molar-refractivity contribution in [2.75, 3.05) is 38.5 Å². The fraction of sp³-hybridized carbons (Fsp3) is 0.474. The summed E-state index contributed by atoms with van der Waals surface area (Å²) in [5.74, 6) is 0.268. The zero-order chi connectivity index (χ0) is 19.7. The third-order valence-electron chi connectivity index (χ3n) is 5.46. The Morgan fingerprint density at radius 3 is 2.64 bits per heavy atom. The first-order valence-corrected chi connectivity index (χ1v) is 9.33. The summed E-state index contributed by atoms with van der Waals surface area (Å²) in [6.45, 7) is 4.34. The van der Waals surface area contributed by atoms with Crippen LogP contribution in [0.15, 0.2) is 29.0 Å². The van der Waals surface area contributed by atoms with Crippen molar-refractivity contribution in [3.8, 4) is 0 Å². The first-order valence-electron chi connectivity index (χ1n) is 9.33. The number of carbonyl (C=O) groups excluding carboxylic acids is 2. The van der Waals surface area contributed by atoms with Crippen LogP contribution in [-0.2, 0) is 4.74 Å². The number of hydrogen-bond acceptors (Lipinski definition) is 7. The molecule has 0 saturated carbocycles. The van der Waals surface area contributed by atoms with Crippen LogP contribution in [0.2, 0.25) is 0 Å². The van der Waals surface area contributed by atoms with Gasteiger partial charge in [-0.3, -0.25) is 9.59 Å². The number of furan rings is 1. The number of amides is 2. The zero-order valence-electron chi connectivity index (χ0n) is 15.8. The van der Waals surface area contributed by atoms with Crippen molar-refractivity contribution in [2.45, 2.75) is 25.4 Å². The van der Waals surface area contributed by atoms with Gasteiger partial charge in [-0.05, 0) is 31.9 Å². The van der Waals surface area contributed by atoms with Crippen LogP contribution in [0.25, 0.3) is 0 Å². The number of anilines is 1. The van der Waals surface area contributed by atoms with Crippen molar-refractivity contribution in [1.29, 1.82) is 0 Å². The van der Waals surface area contributed by atoms with E-state index in [4.69, 9.17) is 14.9 Å². The molecule has 2 saturated heterocycles. The Kier molecular flexibility index (Phi) is 4.76. The van der Waals surface area contributed by atoms with E-state index in [0.29, 0.717) is 62.6 Å². The molecule has 2 N–H and O–H groups in total. The van der Waals surface area contributed by atoms with E-state index in [1.165, 1.54) is 12.5 Å². The van der Waals surface area contributed by atoms with Crippen molar-refractivity contribution in [1.82, 2.24) is 19.8 Å². The molecule has 0 radical (unpaired) electrons. The molecule has 9 heteroatoms. The van der Waals surface area contributed by atoms with Crippen LogP contribution in [0.4, 0.5) is 5.95 Å². The molecule has 148 valence electrons. The predicted octanol–water partition coefficient (Wildman–Crippen LogP) is 1.11. The highest BCUT2D eigenvalue weighted by Gasteiger charge is 2.42. The number of hydrogen-bond donors (Lipinski definition) is 1. The van der Waals surface area contributed by atoms with E-state index in [-0.39, 0.29) is 17.8 Å². The summed E-state index contributed by atoms with van der Waals surface area (Å²) in [5, 5.41) is 0. The minimum Gasteiger partial charge on any atom is -0.459 e. The zero-order valence-corrected chi connectivity index (χ0v) is 15.8. The first kappa shape index (κ1) is 18.4. The van der Waals surface area contributed by atoms with Gasteiger partial charge >= 0.3 is 0 Å². The van der Waals surface area contributed by atoms with E-state index in [0.717, 1.165) is 0 Å². The quantitative estimate of drug-likeness (QED) is 0.823.